The molecule has 0 heterocycles. The van der Waals surface area contributed by atoms with Crippen molar-refractivity contribution < 1.29 is 4.79 Å². The Labute approximate surface area is 128 Å². The third kappa shape index (κ3) is 3.86. The largest absolute Gasteiger partial charge is 0.361 e. The number of aryl methyl sites for hydroxylation is 1. The van der Waals surface area contributed by atoms with Crippen LogP contribution in [0.4, 0.5) is 5.69 Å². The summed E-state index contributed by atoms with van der Waals surface area (Å²) in [6, 6.07) is 12.3. The summed E-state index contributed by atoms with van der Waals surface area (Å²) >= 11 is 11.7. The number of halogens is 2. The van der Waals surface area contributed by atoms with Crippen LogP contribution in [-0.4, -0.2) is 5.78 Å². The quantitative estimate of drug-likeness (QED) is 0.628. The van der Waals surface area contributed by atoms with Crippen molar-refractivity contribution in [3.05, 3.63) is 75.9 Å². The van der Waals surface area contributed by atoms with Crippen LogP contribution in [0.2, 0.25) is 10.0 Å². The second-order valence-electron chi connectivity index (χ2n) is 4.31. The van der Waals surface area contributed by atoms with Gasteiger partial charge in [0.25, 0.3) is 0 Å². The van der Waals surface area contributed by atoms with Crippen LogP contribution in [0.1, 0.15) is 15.9 Å². The normalized spacial score (nSPS) is 10.8. The van der Waals surface area contributed by atoms with Gasteiger partial charge >= 0.3 is 0 Å². The summed E-state index contributed by atoms with van der Waals surface area (Å²) in [6.45, 7) is 1.97. The molecular formula is C16H13Cl2NO. The van der Waals surface area contributed by atoms with E-state index in [1.807, 2.05) is 25.1 Å². The average molecular weight is 306 g/mol. The molecule has 0 saturated heterocycles. The summed E-state index contributed by atoms with van der Waals surface area (Å²) in [7, 11) is 0. The van der Waals surface area contributed by atoms with Crippen molar-refractivity contribution in [2.75, 3.05) is 5.32 Å². The van der Waals surface area contributed by atoms with Crippen LogP contribution in [0.3, 0.4) is 0 Å². The van der Waals surface area contributed by atoms with E-state index in [0.717, 1.165) is 11.3 Å². The van der Waals surface area contributed by atoms with Crippen molar-refractivity contribution in [1.82, 2.24) is 0 Å². The summed E-state index contributed by atoms with van der Waals surface area (Å²) < 4.78 is 0. The van der Waals surface area contributed by atoms with Gasteiger partial charge in [-0.25, -0.2) is 0 Å². The van der Waals surface area contributed by atoms with Gasteiger partial charge in [-0.2, -0.15) is 0 Å². The van der Waals surface area contributed by atoms with E-state index in [2.05, 4.69) is 5.32 Å². The Hall–Kier alpha value is -1.77. The first-order valence-corrected chi connectivity index (χ1v) is 6.81. The molecule has 0 fully saturated rings. The van der Waals surface area contributed by atoms with E-state index in [0.29, 0.717) is 15.6 Å². The van der Waals surface area contributed by atoms with Gasteiger partial charge in [-0.3, -0.25) is 4.79 Å². The first kappa shape index (κ1) is 14.6. The van der Waals surface area contributed by atoms with Crippen molar-refractivity contribution in [2.24, 2.45) is 0 Å². The van der Waals surface area contributed by atoms with E-state index >= 15 is 0 Å². The maximum atomic E-state index is 11.9. The molecule has 2 aromatic rings. The maximum Gasteiger partial charge on any atom is 0.187 e. The van der Waals surface area contributed by atoms with Crippen LogP contribution in [0, 0.1) is 6.92 Å². The van der Waals surface area contributed by atoms with E-state index < -0.39 is 0 Å². The molecule has 0 aliphatic carbocycles. The molecule has 0 bridgehead atoms. The monoisotopic (exact) mass is 305 g/mol. The van der Waals surface area contributed by atoms with Crippen LogP contribution >= 0.6 is 23.2 Å². The van der Waals surface area contributed by atoms with Crippen LogP contribution < -0.4 is 5.32 Å². The highest BCUT2D eigenvalue weighted by atomic mass is 35.5. The van der Waals surface area contributed by atoms with Gasteiger partial charge in [-0.1, -0.05) is 29.3 Å². The lowest BCUT2D eigenvalue weighted by Gasteiger charge is -2.05. The molecule has 0 atom stereocenters. The van der Waals surface area contributed by atoms with Crippen molar-refractivity contribution in [1.29, 1.82) is 0 Å². The lowest BCUT2D eigenvalue weighted by atomic mass is 10.1. The number of benzene rings is 2. The smallest absolute Gasteiger partial charge is 0.187 e. The molecule has 2 nitrogen and oxygen atoms in total. The maximum absolute atomic E-state index is 11.9. The lowest BCUT2D eigenvalue weighted by molar-refractivity contribution is 0.104. The topological polar surface area (TPSA) is 29.1 Å². The molecule has 2 rings (SSSR count). The summed E-state index contributed by atoms with van der Waals surface area (Å²) in [5.41, 5.74) is 2.52. The van der Waals surface area contributed by atoms with Gasteiger partial charge < -0.3 is 5.32 Å². The Kier molecular flexibility index (Phi) is 4.83. The zero-order valence-corrected chi connectivity index (χ0v) is 12.4. The van der Waals surface area contributed by atoms with E-state index in [4.69, 9.17) is 23.2 Å². The molecule has 0 amide bonds. The molecule has 20 heavy (non-hydrogen) atoms. The number of hydrogen-bond acceptors (Lipinski definition) is 2. The Bertz CT molecular complexity index is 648. The first-order valence-electron chi connectivity index (χ1n) is 6.05. The predicted octanol–water partition coefficient (Wildman–Crippen LogP) is 5.11. The molecule has 4 heteroatoms. The molecule has 0 spiro atoms. The van der Waals surface area contributed by atoms with Gasteiger partial charge in [-0.15, -0.1) is 0 Å². The molecule has 0 aliphatic rings. The third-order valence-corrected chi connectivity index (χ3v) is 3.29. The Morgan fingerprint density at radius 2 is 1.70 bits per heavy atom. The van der Waals surface area contributed by atoms with Crippen LogP contribution in [0.25, 0.3) is 0 Å². The molecule has 0 aliphatic heterocycles. The Morgan fingerprint density at radius 3 is 2.40 bits per heavy atom. The van der Waals surface area contributed by atoms with Crippen molar-refractivity contribution in [3.63, 3.8) is 0 Å². The molecular weight excluding hydrogens is 293 g/mol. The number of rotatable bonds is 4. The average Bonchev–Trinajstić information content (AvgIpc) is 2.43. The third-order valence-electron chi connectivity index (χ3n) is 2.80. The number of carbonyl (C=O) groups is 1. The molecule has 2 aromatic carbocycles. The number of carbonyl (C=O) groups excluding carboxylic acids is 1. The van der Waals surface area contributed by atoms with Crippen LogP contribution in [-0.2, 0) is 0 Å². The van der Waals surface area contributed by atoms with Crippen LogP contribution in [0.5, 0.6) is 0 Å². The van der Waals surface area contributed by atoms with Gasteiger partial charge in [0.2, 0.25) is 0 Å². The van der Waals surface area contributed by atoms with Gasteiger partial charge in [0, 0.05) is 33.6 Å². The molecule has 0 unspecified atom stereocenters. The van der Waals surface area contributed by atoms with Gasteiger partial charge in [0.1, 0.15) is 0 Å². The van der Waals surface area contributed by atoms with Crippen molar-refractivity contribution in [2.45, 2.75) is 6.92 Å². The number of ketones is 1. The number of hydrogen-bond donors (Lipinski definition) is 1. The van der Waals surface area contributed by atoms with Gasteiger partial charge in [-0.05, 0) is 48.9 Å². The highest BCUT2D eigenvalue weighted by molar-refractivity contribution is 6.31. The number of anilines is 1. The molecule has 102 valence electrons. The fourth-order valence-corrected chi connectivity index (χ4v) is 1.97. The SMILES string of the molecule is Cc1ccc(Cl)cc1NC=CC(=O)c1ccc(Cl)cc1. The van der Waals surface area contributed by atoms with E-state index in [1.54, 1.807) is 30.5 Å². The molecule has 0 saturated carbocycles. The van der Waals surface area contributed by atoms with Gasteiger partial charge in [0.15, 0.2) is 5.78 Å². The standard InChI is InChI=1S/C16H13Cl2NO/c1-11-2-5-14(18)10-15(11)19-9-8-16(20)12-3-6-13(17)7-4-12/h2-10,19H,1H3. The predicted molar refractivity (Wildman–Crippen MR) is 84.7 cm³/mol. The summed E-state index contributed by atoms with van der Waals surface area (Å²) in [5, 5.41) is 4.31. The Morgan fingerprint density at radius 1 is 1.05 bits per heavy atom. The molecule has 1 N–H and O–H groups in total. The van der Waals surface area contributed by atoms with E-state index in [9.17, 15) is 4.79 Å². The fraction of sp³-hybridized carbons (Fsp3) is 0.0625. The van der Waals surface area contributed by atoms with Crippen molar-refractivity contribution >= 4 is 34.7 Å². The Balaban J connectivity index is 2.04. The van der Waals surface area contributed by atoms with E-state index in [1.165, 1.54) is 6.08 Å². The van der Waals surface area contributed by atoms with E-state index in [-0.39, 0.29) is 5.78 Å². The molecule has 0 aromatic heterocycles. The summed E-state index contributed by atoms with van der Waals surface area (Å²) in [4.78, 5) is 11.9. The zero-order valence-electron chi connectivity index (χ0n) is 10.9. The second kappa shape index (κ2) is 6.60. The zero-order chi connectivity index (χ0) is 14.5. The summed E-state index contributed by atoms with van der Waals surface area (Å²) in [5.74, 6) is -0.0890. The minimum Gasteiger partial charge on any atom is -0.361 e. The van der Waals surface area contributed by atoms with Crippen molar-refractivity contribution in [3.8, 4) is 0 Å². The van der Waals surface area contributed by atoms with Gasteiger partial charge in [0.05, 0.1) is 0 Å². The first-order chi connectivity index (χ1) is 9.56. The van der Waals surface area contributed by atoms with Crippen LogP contribution in [0.15, 0.2) is 54.7 Å². The second-order valence-corrected chi connectivity index (χ2v) is 5.18. The number of allylic oxidation sites excluding steroid dienone is 1. The molecule has 0 radical (unpaired) electrons. The lowest BCUT2D eigenvalue weighted by Crippen LogP contribution is -1.96. The number of nitrogens with one attached hydrogen (secondary N) is 1. The fourth-order valence-electron chi connectivity index (χ4n) is 1.67. The minimum atomic E-state index is -0.0890. The highest BCUT2D eigenvalue weighted by Gasteiger charge is 2.01. The summed E-state index contributed by atoms with van der Waals surface area (Å²) in [6.07, 6.45) is 3.08. The highest BCUT2D eigenvalue weighted by Crippen LogP contribution is 2.20. The minimum absolute atomic E-state index is 0.0890.